The van der Waals surface area contributed by atoms with E-state index in [9.17, 15) is 14.7 Å². The molecule has 0 fully saturated rings. The zero-order chi connectivity index (χ0) is 18.1. The van der Waals surface area contributed by atoms with Gasteiger partial charge in [0.25, 0.3) is 0 Å². The molecule has 0 aliphatic rings. The van der Waals surface area contributed by atoms with Crippen LogP contribution in [0.2, 0.25) is 0 Å². The van der Waals surface area contributed by atoms with Gasteiger partial charge in [0.1, 0.15) is 18.4 Å². The summed E-state index contributed by atoms with van der Waals surface area (Å²) in [7, 11) is 1.54. The van der Waals surface area contributed by atoms with E-state index in [1.807, 2.05) is 30.3 Å². The molecule has 7 nitrogen and oxygen atoms in total. The molecule has 2 rings (SSSR count). The molecule has 0 heterocycles. The summed E-state index contributed by atoms with van der Waals surface area (Å²) in [5.74, 6) is 0.101. The van der Waals surface area contributed by atoms with Gasteiger partial charge in [-0.3, -0.25) is 4.79 Å². The van der Waals surface area contributed by atoms with Crippen LogP contribution in [0.1, 0.15) is 5.56 Å². The number of aliphatic hydroxyl groups excluding tert-OH is 1. The topological polar surface area (TPSA) is 96.9 Å². The van der Waals surface area contributed by atoms with Gasteiger partial charge >= 0.3 is 6.09 Å². The number of alkyl carbamates (subject to hydrolysis) is 1. The lowest BCUT2D eigenvalue weighted by molar-refractivity contribution is -0.118. The van der Waals surface area contributed by atoms with E-state index in [1.54, 1.807) is 31.4 Å². The second kappa shape index (κ2) is 9.29. The number of carbonyl (C=O) groups is 2. The van der Waals surface area contributed by atoms with Crippen LogP contribution in [0.4, 0.5) is 10.5 Å². The molecule has 25 heavy (non-hydrogen) atoms. The molecule has 0 aliphatic carbocycles. The molecular formula is C18H20N2O5. The van der Waals surface area contributed by atoms with Crippen molar-refractivity contribution in [3.63, 3.8) is 0 Å². The van der Waals surface area contributed by atoms with Crippen LogP contribution in [0.5, 0.6) is 5.75 Å². The molecule has 0 spiro atoms. The van der Waals surface area contributed by atoms with Gasteiger partial charge < -0.3 is 25.2 Å². The molecule has 0 radical (unpaired) electrons. The number of amides is 2. The summed E-state index contributed by atoms with van der Waals surface area (Å²) in [6.07, 6.45) is -0.784. The van der Waals surface area contributed by atoms with Gasteiger partial charge in [0.15, 0.2) is 0 Å². The van der Waals surface area contributed by atoms with E-state index >= 15 is 0 Å². The average Bonchev–Trinajstić information content (AvgIpc) is 2.65. The van der Waals surface area contributed by atoms with Crippen molar-refractivity contribution in [3.8, 4) is 5.75 Å². The molecule has 0 saturated heterocycles. The van der Waals surface area contributed by atoms with E-state index in [0.29, 0.717) is 11.4 Å². The summed E-state index contributed by atoms with van der Waals surface area (Å²) >= 11 is 0. The van der Waals surface area contributed by atoms with Gasteiger partial charge in [0, 0.05) is 5.69 Å². The fourth-order valence-corrected chi connectivity index (χ4v) is 2.00. The number of methoxy groups -OCH3 is 1. The van der Waals surface area contributed by atoms with E-state index in [1.165, 1.54) is 0 Å². The van der Waals surface area contributed by atoms with Crippen LogP contribution in [0.15, 0.2) is 54.6 Å². The fraction of sp³-hybridized carbons (Fsp3) is 0.222. The van der Waals surface area contributed by atoms with Gasteiger partial charge in [-0.25, -0.2) is 4.79 Å². The standard InChI is InChI=1S/C18H20N2O5/c1-24-15-9-7-14(8-10-15)19-17(22)16(11-21)20-18(23)25-12-13-5-3-2-4-6-13/h2-10,16,21H,11-12H2,1H3,(H,19,22)(H,20,23)/t16-/m1/s1. The Morgan fingerprint density at radius 1 is 1.08 bits per heavy atom. The van der Waals surface area contributed by atoms with Gasteiger partial charge in [-0.05, 0) is 29.8 Å². The Morgan fingerprint density at radius 2 is 1.76 bits per heavy atom. The highest BCUT2D eigenvalue weighted by atomic mass is 16.5. The van der Waals surface area contributed by atoms with E-state index in [4.69, 9.17) is 9.47 Å². The smallest absolute Gasteiger partial charge is 0.408 e. The van der Waals surface area contributed by atoms with Crippen LogP contribution in [0.25, 0.3) is 0 Å². The molecule has 0 bridgehead atoms. The Bertz CT molecular complexity index is 688. The number of hydrogen-bond acceptors (Lipinski definition) is 5. The first-order valence-electron chi connectivity index (χ1n) is 7.65. The minimum atomic E-state index is -1.12. The van der Waals surface area contributed by atoms with Crippen LogP contribution in [0, 0.1) is 0 Å². The Hall–Kier alpha value is -3.06. The summed E-state index contributed by atoms with van der Waals surface area (Å²) < 4.78 is 10.1. The van der Waals surface area contributed by atoms with Gasteiger partial charge in [0.2, 0.25) is 5.91 Å². The SMILES string of the molecule is COc1ccc(NC(=O)[C@@H](CO)NC(=O)OCc2ccccc2)cc1. The lowest BCUT2D eigenvalue weighted by Gasteiger charge is -2.16. The van der Waals surface area contributed by atoms with E-state index in [0.717, 1.165) is 5.56 Å². The molecule has 0 aromatic heterocycles. The second-order valence-corrected chi connectivity index (χ2v) is 5.16. The Balaban J connectivity index is 1.84. The molecule has 0 unspecified atom stereocenters. The normalized spacial score (nSPS) is 11.3. The highest BCUT2D eigenvalue weighted by molar-refractivity contribution is 5.96. The van der Waals surface area contributed by atoms with Gasteiger partial charge in [-0.1, -0.05) is 30.3 Å². The lowest BCUT2D eigenvalue weighted by atomic mass is 10.2. The minimum Gasteiger partial charge on any atom is -0.497 e. The van der Waals surface area contributed by atoms with Crippen molar-refractivity contribution < 1.29 is 24.2 Å². The minimum absolute atomic E-state index is 0.0743. The molecular weight excluding hydrogens is 324 g/mol. The largest absolute Gasteiger partial charge is 0.497 e. The quantitative estimate of drug-likeness (QED) is 0.713. The van der Waals surface area contributed by atoms with Crippen molar-refractivity contribution in [2.75, 3.05) is 19.0 Å². The zero-order valence-corrected chi connectivity index (χ0v) is 13.8. The molecule has 2 aromatic rings. The maximum atomic E-state index is 12.1. The molecule has 0 saturated carbocycles. The molecule has 2 amide bonds. The van der Waals surface area contributed by atoms with Crippen LogP contribution >= 0.6 is 0 Å². The summed E-state index contributed by atoms with van der Waals surface area (Å²) in [4.78, 5) is 23.9. The summed E-state index contributed by atoms with van der Waals surface area (Å²) in [5, 5.41) is 14.3. The predicted octanol–water partition coefficient (Wildman–Crippen LogP) is 1.92. The zero-order valence-electron chi connectivity index (χ0n) is 13.8. The third-order valence-electron chi connectivity index (χ3n) is 3.36. The summed E-state index contributed by atoms with van der Waals surface area (Å²) in [5.41, 5.74) is 1.34. The summed E-state index contributed by atoms with van der Waals surface area (Å²) in [6.45, 7) is -0.479. The highest BCUT2D eigenvalue weighted by Gasteiger charge is 2.20. The monoisotopic (exact) mass is 344 g/mol. The molecule has 2 aromatic carbocycles. The first kappa shape index (κ1) is 18.3. The summed E-state index contributed by atoms with van der Waals surface area (Å²) in [6, 6.07) is 14.7. The third-order valence-corrected chi connectivity index (χ3v) is 3.36. The number of rotatable bonds is 7. The number of hydrogen-bond donors (Lipinski definition) is 3. The van der Waals surface area contributed by atoms with Crippen LogP contribution in [-0.4, -0.2) is 36.9 Å². The van der Waals surface area contributed by atoms with E-state index in [-0.39, 0.29) is 6.61 Å². The molecule has 0 aliphatic heterocycles. The third kappa shape index (κ3) is 5.82. The fourth-order valence-electron chi connectivity index (χ4n) is 2.00. The van der Waals surface area contributed by atoms with E-state index < -0.39 is 24.6 Å². The molecule has 1 atom stereocenters. The van der Waals surface area contributed by atoms with Gasteiger partial charge in [-0.15, -0.1) is 0 Å². The van der Waals surface area contributed by atoms with Crippen molar-refractivity contribution >= 4 is 17.7 Å². The second-order valence-electron chi connectivity index (χ2n) is 5.16. The first-order chi connectivity index (χ1) is 12.1. The van der Waals surface area contributed by atoms with Gasteiger partial charge in [-0.2, -0.15) is 0 Å². The Morgan fingerprint density at radius 3 is 2.36 bits per heavy atom. The number of aliphatic hydroxyl groups is 1. The van der Waals surface area contributed by atoms with Crippen molar-refractivity contribution in [2.24, 2.45) is 0 Å². The van der Waals surface area contributed by atoms with Gasteiger partial charge in [0.05, 0.1) is 13.7 Å². The van der Waals surface area contributed by atoms with Crippen LogP contribution < -0.4 is 15.4 Å². The maximum Gasteiger partial charge on any atom is 0.408 e. The first-order valence-corrected chi connectivity index (χ1v) is 7.65. The van der Waals surface area contributed by atoms with Crippen LogP contribution in [-0.2, 0) is 16.1 Å². The average molecular weight is 344 g/mol. The van der Waals surface area contributed by atoms with Crippen molar-refractivity contribution in [2.45, 2.75) is 12.6 Å². The van der Waals surface area contributed by atoms with Crippen molar-refractivity contribution in [3.05, 3.63) is 60.2 Å². The Kier molecular flexibility index (Phi) is 6.79. The van der Waals surface area contributed by atoms with Crippen LogP contribution in [0.3, 0.4) is 0 Å². The molecule has 7 heteroatoms. The number of benzene rings is 2. The Labute approximate surface area is 145 Å². The highest BCUT2D eigenvalue weighted by Crippen LogP contribution is 2.15. The molecule has 3 N–H and O–H groups in total. The predicted molar refractivity (Wildman–Crippen MR) is 92.3 cm³/mol. The maximum absolute atomic E-state index is 12.1. The lowest BCUT2D eigenvalue weighted by Crippen LogP contribution is -2.46. The number of ether oxygens (including phenoxy) is 2. The van der Waals surface area contributed by atoms with Crippen molar-refractivity contribution in [1.82, 2.24) is 5.32 Å². The van der Waals surface area contributed by atoms with Crippen molar-refractivity contribution in [1.29, 1.82) is 0 Å². The van der Waals surface area contributed by atoms with E-state index in [2.05, 4.69) is 10.6 Å². The number of nitrogens with one attached hydrogen (secondary N) is 2. The number of carbonyl (C=O) groups excluding carboxylic acids is 2. The molecule has 132 valence electrons. The number of anilines is 1.